The Balaban J connectivity index is 1.36. The van der Waals surface area contributed by atoms with Gasteiger partial charge in [0.25, 0.3) is 5.56 Å². The minimum atomic E-state index is -0.987. The van der Waals surface area contributed by atoms with Crippen LogP contribution in [0.1, 0.15) is 50.8 Å². The van der Waals surface area contributed by atoms with Crippen LogP contribution < -0.4 is 14.9 Å². The van der Waals surface area contributed by atoms with E-state index in [-0.39, 0.29) is 23.0 Å². The Bertz CT molecular complexity index is 2080. The first kappa shape index (κ1) is 25.2. The van der Waals surface area contributed by atoms with E-state index in [1.165, 1.54) is 29.0 Å². The molecule has 6 nitrogen and oxygen atoms in total. The molecule has 1 atom stereocenters. The number of thiazole rings is 1. The fourth-order valence-electron chi connectivity index (χ4n) is 5.74. The lowest BCUT2D eigenvalue weighted by Gasteiger charge is -2.30. The fourth-order valence-corrected chi connectivity index (χ4v) is 6.73. The molecule has 1 N–H and O–H groups in total. The van der Waals surface area contributed by atoms with Crippen molar-refractivity contribution < 1.29 is 18.7 Å². The number of hydrogen-bond donors (Lipinski definition) is 1. The minimum Gasteiger partial charge on any atom is -0.478 e. The van der Waals surface area contributed by atoms with Crippen molar-refractivity contribution in [3.05, 3.63) is 144 Å². The third-order valence-electron chi connectivity index (χ3n) is 7.70. The zero-order chi connectivity index (χ0) is 28.2. The van der Waals surface area contributed by atoms with Crippen LogP contribution in [-0.4, -0.2) is 15.6 Å². The molecule has 7 rings (SSSR count). The number of aromatic carboxylic acids is 1. The minimum absolute atomic E-state index is 0.187. The van der Waals surface area contributed by atoms with Crippen molar-refractivity contribution >= 4 is 29.1 Å². The molecule has 1 aliphatic heterocycles. The van der Waals surface area contributed by atoms with Crippen LogP contribution in [0.25, 0.3) is 23.1 Å². The molecule has 0 bridgehead atoms. The molecule has 8 heteroatoms. The molecular weight excluding hydrogens is 539 g/mol. The van der Waals surface area contributed by atoms with Gasteiger partial charge >= 0.3 is 5.97 Å². The number of fused-ring (bicyclic) bond motifs is 3. The van der Waals surface area contributed by atoms with Crippen LogP contribution in [0.2, 0.25) is 0 Å². The molecule has 5 aromatic rings. The van der Waals surface area contributed by atoms with Gasteiger partial charge in [0, 0.05) is 17.2 Å². The van der Waals surface area contributed by atoms with E-state index in [0.29, 0.717) is 20.9 Å². The van der Waals surface area contributed by atoms with E-state index < -0.39 is 5.97 Å². The van der Waals surface area contributed by atoms with Crippen molar-refractivity contribution in [3.8, 4) is 11.3 Å². The summed E-state index contributed by atoms with van der Waals surface area (Å²) >= 11 is 1.30. The van der Waals surface area contributed by atoms with E-state index in [4.69, 9.17) is 9.41 Å². The summed E-state index contributed by atoms with van der Waals surface area (Å²) in [5.74, 6) is -0.237. The van der Waals surface area contributed by atoms with Crippen molar-refractivity contribution in [2.24, 2.45) is 4.99 Å². The summed E-state index contributed by atoms with van der Waals surface area (Å²) in [6, 6.07) is 22.6. The van der Waals surface area contributed by atoms with Gasteiger partial charge in [-0.1, -0.05) is 53.8 Å². The Labute approximate surface area is 237 Å². The fraction of sp³-hybridized carbons (Fsp3) is 0.121. The summed E-state index contributed by atoms with van der Waals surface area (Å²) in [4.78, 5) is 30.8. The van der Waals surface area contributed by atoms with Crippen molar-refractivity contribution in [2.45, 2.75) is 25.8 Å². The first-order valence-corrected chi connectivity index (χ1v) is 14.0. The van der Waals surface area contributed by atoms with E-state index >= 15 is 0 Å². The van der Waals surface area contributed by atoms with Crippen molar-refractivity contribution in [1.29, 1.82) is 0 Å². The molecule has 0 radical (unpaired) electrons. The SMILES string of the molecule is Cc1cc(C(=O)O)ccc1-c1ccc(/C=c2/sc3n(c2=O)C(c2ccc(F)cc2)C2=C(N=3)c3ccccc3CC2)o1. The lowest BCUT2D eigenvalue weighted by atomic mass is 9.83. The normalized spacial score (nSPS) is 16.1. The molecule has 2 aliphatic rings. The number of hydrogen-bond acceptors (Lipinski definition) is 5. The first-order valence-electron chi connectivity index (χ1n) is 13.2. The highest BCUT2D eigenvalue weighted by Gasteiger charge is 2.32. The zero-order valence-corrected chi connectivity index (χ0v) is 22.7. The molecule has 41 heavy (non-hydrogen) atoms. The maximum absolute atomic E-state index is 13.9. The summed E-state index contributed by atoms with van der Waals surface area (Å²) in [5, 5.41) is 9.27. The van der Waals surface area contributed by atoms with Crippen LogP contribution in [0.3, 0.4) is 0 Å². The number of aromatic nitrogens is 1. The molecule has 202 valence electrons. The summed E-state index contributed by atoms with van der Waals surface area (Å²) in [5.41, 5.74) is 6.63. The predicted octanol–water partition coefficient (Wildman–Crippen LogP) is 5.72. The maximum Gasteiger partial charge on any atom is 0.335 e. The second kappa shape index (κ2) is 9.67. The monoisotopic (exact) mass is 562 g/mol. The molecule has 0 saturated heterocycles. The molecule has 1 aliphatic carbocycles. The van der Waals surface area contributed by atoms with Gasteiger partial charge in [0.1, 0.15) is 17.3 Å². The smallest absolute Gasteiger partial charge is 0.335 e. The summed E-state index contributed by atoms with van der Waals surface area (Å²) < 4.78 is 22.1. The highest BCUT2D eigenvalue weighted by Crippen LogP contribution is 2.41. The average Bonchev–Trinajstić information content (AvgIpc) is 3.56. The van der Waals surface area contributed by atoms with E-state index in [1.54, 1.807) is 47.0 Å². The van der Waals surface area contributed by atoms with Crippen LogP contribution >= 0.6 is 11.3 Å². The third-order valence-corrected chi connectivity index (χ3v) is 8.68. The number of furan rings is 1. The van der Waals surface area contributed by atoms with Gasteiger partial charge in [-0.2, -0.15) is 0 Å². The Morgan fingerprint density at radius 2 is 1.85 bits per heavy atom. The molecule has 3 aromatic carbocycles. The largest absolute Gasteiger partial charge is 0.478 e. The van der Waals surface area contributed by atoms with E-state index in [0.717, 1.165) is 46.4 Å². The van der Waals surface area contributed by atoms with Crippen LogP contribution in [0.4, 0.5) is 4.39 Å². The third kappa shape index (κ3) is 4.28. The molecule has 0 amide bonds. The van der Waals surface area contributed by atoms with Gasteiger partial charge in [0.15, 0.2) is 4.80 Å². The van der Waals surface area contributed by atoms with Gasteiger partial charge in [-0.05, 0) is 78.4 Å². The molecule has 0 saturated carbocycles. The number of aryl methyl sites for hydroxylation is 2. The number of allylic oxidation sites excluding steroid dienone is 1. The predicted molar refractivity (Wildman–Crippen MR) is 155 cm³/mol. The van der Waals surface area contributed by atoms with Crippen LogP contribution in [0.5, 0.6) is 0 Å². The van der Waals surface area contributed by atoms with Gasteiger partial charge in [0.05, 0.1) is 21.8 Å². The highest BCUT2D eigenvalue weighted by molar-refractivity contribution is 7.07. The second-order valence-corrected chi connectivity index (χ2v) is 11.2. The van der Waals surface area contributed by atoms with Crippen LogP contribution in [-0.2, 0) is 6.42 Å². The van der Waals surface area contributed by atoms with Crippen LogP contribution in [0.15, 0.2) is 98.6 Å². The standard InChI is InChI=1S/C33H23FN2O4S/c1-18-16-21(32(38)39)9-13-24(18)27-15-12-23(40-27)17-28-31(37)36-30(20-6-10-22(34)11-7-20)26-14-8-19-4-2-3-5-25(19)29(26)35-33(36)41-28/h2-7,9-13,15-17,30H,8,14H2,1H3,(H,38,39)/b28-17+. The lowest BCUT2D eigenvalue weighted by molar-refractivity contribution is 0.0696. The number of rotatable bonds is 4. The Morgan fingerprint density at radius 1 is 1.05 bits per heavy atom. The van der Waals surface area contributed by atoms with Gasteiger partial charge in [0.2, 0.25) is 0 Å². The number of benzene rings is 3. The molecule has 0 spiro atoms. The number of carboxylic acid groups (broad SMARTS) is 1. The molecule has 3 heterocycles. The van der Waals surface area contributed by atoms with Crippen molar-refractivity contribution in [1.82, 2.24) is 4.57 Å². The number of halogens is 1. The van der Waals surface area contributed by atoms with Crippen LogP contribution in [0, 0.1) is 12.7 Å². The Kier molecular flexibility index (Phi) is 5.94. The molecule has 1 unspecified atom stereocenters. The van der Waals surface area contributed by atoms with Crippen molar-refractivity contribution in [3.63, 3.8) is 0 Å². The zero-order valence-electron chi connectivity index (χ0n) is 21.9. The number of nitrogens with zero attached hydrogens (tertiary/aromatic N) is 2. The molecule has 2 aromatic heterocycles. The number of carboxylic acids is 1. The first-order chi connectivity index (χ1) is 19.9. The van der Waals surface area contributed by atoms with E-state index in [2.05, 4.69) is 12.1 Å². The summed E-state index contributed by atoms with van der Waals surface area (Å²) in [7, 11) is 0. The summed E-state index contributed by atoms with van der Waals surface area (Å²) in [6.07, 6.45) is 3.31. The second-order valence-electron chi connectivity index (χ2n) is 10.2. The maximum atomic E-state index is 13.9. The molecule has 0 fully saturated rings. The highest BCUT2D eigenvalue weighted by atomic mass is 32.1. The van der Waals surface area contributed by atoms with E-state index in [1.807, 2.05) is 25.1 Å². The Hall–Kier alpha value is -4.82. The number of carbonyl (C=O) groups is 1. The quantitative estimate of drug-likeness (QED) is 0.304. The average molecular weight is 563 g/mol. The van der Waals surface area contributed by atoms with Gasteiger partial charge < -0.3 is 9.52 Å². The van der Waals surface area contributed by atoms with Crippen molar-refractivity contribution in [2.75, 3.05) is 0 Å². The van der Waals surface area contributed by atoms with Gasteiger partial charge in [-0.3, -0.25) is 9.36 Å². The van der Waals surface area contributed by atoms with E-state index in [9.17, 15) is 19.1 Å². The summed E-state index contributed by atoms with van der Waals surface area (Å²) in [6.45, 7) is 1.83. The topological polar surface area (TPSA) is 84.8 Å². The lowest BCUT2D eigenvalue weighted by Crippen LogP contribution is -2.38. The molecular formula is C33H23FN2O4S. The van der Waals surface area contributed by atoms with Gasteiger partial charge in [-0.15, -0.1) is 0 Å². The van der Waals surface area contributed by atoms with Gasteiger partial charge in [-0.25, -0.2) is 14.2 Å². The Morgan fingerprint density at radius 3 is 2.63 bits per heavy atom.